The van der Waals surface area contributed by atoms with Crippen LogP contribution in [-0.4, -0.2) is 29.8 Å². The number of carbonyl (C=O) groups excluding carboxylic acids is 1. The van der Waals surface area contributed by atoms with Crippen LogP contribution in [0.2, 0.25) is 0 Å². The second kappa shape index (κ2) is 5.25. The highest BCUT2D eigenvalue weighted by Gasteiger charge is 2.41. The van der Waals surface area contributed by atoms with E-state index in [0.29, 0.717) is 5.92 Å². The summed E-state index contributed by atoms with van der Waals surface area (Å²) in [6.45, 7) is 3.49. The fraction of sp³-hybridized carbons (Fsp3) is 0.538. The monoisotopic (exact) mass is 251 g/mol. The van der Waals surface area contributed by atoms with Gasteiger partial charge in [-0.05, 0) is 36.7 Å². The molecule has 0 radical (unpaired) electrons. The number of amides is 1. The molecule has 98 valence electrons. The fourth-order valence-corrected chi connectivity index (χ4v) is 2.38. The lowest BCUT2D eigenvalue weighted by Gasteiger charge is -2.20. The normalized spacial score (nSPS) is 26.3. The van der Waals surface area contributed by atoms with Crippen LogP contribution in [0.15, 0.2) is 24.3 Å². The van der Waals surface area contributed by atoms with Gasteiger partial charge in [-0.25, -0.2) is 9.59 Å². The molecule has 2 aliphatic rings. The predicted octanol–water partition coefficient (Wildman–Crippen LogP) is 1.71. The summed E-state index contributed by atoms with van der Waals surface area (Å²) in [6, 6.07) is -0.969. The average molecular weight is 251 g/mol. The van der Waals surface area contributed by atoms with Gasteiger partial charge in [0.15, 0.2) is 6.04 Å². The van der Waals surface area contributed by atoms with Gasteiger partial charge in [0.2, 0.25) is 0 Å². The average Bonchev–Trinajstić information content (AvgIpc) is 3.11. The van der Waals surface area contributed by atoms with Crippen LogP contribution in [0.25, 0.3) is 0 Å². The highest BCUT2D eigenvalue weighted by molar-refractivity contribution is 5.83. The van der Waals surface area contributed by atoms with Gasteiger partial charge < -0.3 is 15.2 Å². The lowest BCUT2D eigenvalue weighted by Crippen LogP contribution is -2.43. The minimum atomic E-state index is -1.05. The molecule has 0 aromatic rings. The second-order valence-corrected chi connectivity index (χ2v) is 4.78. The maximum atomic E-state index is 11.4. The maximum Gasteiger partial charge on any atom is 0.408 e. The lowest BCUT2D eigenvalue weighted by atomic mass is 9.94. The summed E-state index contributed by atoms with van der Waals surface area (Å²) in [5, 5.41) is 11.6. The van der Waals surface area contributed by atoms with Crippen LogP contribution in [-0.2, 0) is 9.53 Å². The van der Waals surface area contributed by atoms with Crippen molar-refractivity contribution in [2.75, 3.05) is 6.61 Å². The van der Waals surface area contributed by atoms with E-state index in [2.05, 4.69) is 11.9 Å². The van der Waals surface area contributed by atoms with Gasteiger partial charge in [-0.1, -0.05) is 18.7 Å². The Balaban J connectivity index is 1.95. The molecule has 1 fully saturated rings. The molecule has 0 aromatic carbocycles. The Bertz CT molecular complexity index is 402. The first-order valence-corrected chi connectivity index (χ1v) is 6.07. The SMILES string of the molecule is C=CCOC(=O)N[C@@H](C(=O)O)C1=CCC2CC2C1. The summed E-state index contributed by atoms with van der Waals surface area (Å²) < 4.78 is 4.74. The van der Waals surface area contributed by atoms with Gasteiger partial charge in [-0.2, -0.15) is 0 Å². The number of hydrogen-bond donors (Lipinski definition) is 2. The van der Waals surface area contributed by atoms with Crippen molar-refractivity contribution in [3.05, 3.63) is 24.3 Å². The standard InChI is InChI=1S/C13H17NO4/c1-2-5-18-13(17)14-11(12(15)16)9-4-3-8-6-10(8)7-9/h2,4,8,10-11H,1,3,5-7H2,(H,14,17)(H,15,16)/t8?,10?,11-/m1/s1. The van der Waals surface area contributed by atoms with Crippen LogP contribution in [0, 0.1) is 11.8 Å². The van der Waals surface area contributed by atoms with Crippen LogP contribution in [0.3, 0.4) is 0 Å². The molecular weight excluding hydrogens is 234 g/mol. The van der Waals surface area contributed by atoms with E-state index in [1.807, 2.05) is 6.08 Å². The molecule has 2 unspecified atom stereocenters. The van der Waals surface area contributed by atoms with Gasteiger partial charge in [0, 0.05) is 0 Å². The molecule has 2 aliphatic carbocycles. The molecule has 0 spiro atoms. The number of nitrogens with one attached hydrogen (secondary N) is 1. The van der Waals surface area contributed by atoms with E-state index in [0.717, 1.165) is 24.3 Å². The number of ether oxygens (including phenoxy) is 1. The van der Waals surface area contributed by atoms with Crippen LogP contribution in [0.4, 0.5) is 4.79 Å². The van der Waals surface area contributed by atoms with E-state index < -0.39 is 18.1 Å². The topological polar surface area (TPSA) is 75.6 Å². The summed E-state index contributed by atoms with van der Waals surface area (Å²) in [4.78, 5) is 22.6. The van der Waals surface area contributed by atoms with E-state index in [9.17, 15) is 9.59 Å². The quantitative estimate of drug-likeness (QED) is 0.729. The second-order valence-electron chi connectivity index (χ2n) is 4.78. The van der Waals surface area contributed by atoms with Gasteiger partial charge in [0.25, 0.3) is 0 Å². The summed E-state index contributed by atoms with van der Waals surface area (Å²) >= 11 is 0. The molecule has 18 heavy (non-hydrogen) atoms. The summed E-state index contributed by atoms with van der Waals surface area (Å²) in [6.07, 6.45) is 5.52. The number of hydrogen-bond acceptors (Lipinski definition) is 3. The molecule has 2 rings (SSSR count). The predicted molar refractivity (Wildman–Crippen MR) is 65.0 cm³/mol. The first kappa shape index (κ1) is 12.7. The Morgan fingerprint density at radius 2 is 2.39 bits per heavy atom. The lowest BCUT2D eigenvalue weighted by molar-refractivity contribution is -0.138. The minimum absolute atomic E-state index is 0.0713. The zero-order chi connectivity index (χ0) is 13.1. The molecule has 0 aromatic heterocycles. The smallest absolute Gasteiger partial charge is 0.408 e. The Kier molecular flexibility index (Phi) is 3.69. The molecule has 0 heterocycles. The van der Waals surface area contributed by atoms with E-state index in [-0.39, 0.29) is 6.61 Å². The number of rotatable bonds is 5. The molecule has 0 bridgehead atoms. The van der Waals surface area contributed by atoms with E-state index >= 15 is 0 Å². The molecule has 2 N–H and O–H groups in total. The van der Waals surface area contributed by atoms with Crippen molar-refractivity contribution in [3.8, 4) is 0 Å². The van der Waals surface area contributed by atoms with E-state index in [4.69, 9.17) is 9.84 Å². The number of aliphatic carboxylic acids is 1. The summed E-state index contributed by atoms with van der Waals surface area (Å²) in [7, 11) is 0. The molecule has 1 saturated carbocycles. The first-order chi connectivity index (χ1) is 8.61. The Morgan fingerprint density at radius 1 is 1.61 bits per heavy atom. The minimum Gasteiger partial charge on any atom is -0.479 e. The van der Waals surface area contributed by atoms with Gasteiger partial charge in [-0.15, -0.1) is 0 Å². The number of carboxylic acid groups (broad SMARTS) is 1. The highest BCUT2D eigenvalue weighted by atomic mass is 16.5. The van der Waals surface area contributed by atoms with E-state index in [1.165, 1.54) is 12.5 Å². The van der Waals surface area contributed by atoms with Gasteiger partial charge in [0.1, 0.15) is 6.61 Å². The van der Waals surface area contributed by atoms with Gasteiger partial charge in [0.05, 0.1) is 0 Å². The molecule has 0 aliphatic heterocycles. The number of carbonyl (C=O) groups is 2. The molecule has 5 nitrogen and oxygen atoms in total. The van der Waals surface area contributed by atoms with Crippen LogP contribution in [0.5, 0.6) is 0 Å². The van der Waals surface area contributed by atoms with E-state index in [1.54, 1.807) is 0 Å². The third-order valence-corrected chi connectivity index (χ3v) is 3.46. The van der Waals surface area contributed by atoms with Crippen LogP contribution in [0.1, 0.15) is 19.3 Å². The van der Waals surface area contributed by atoms with Crippen molar-refractivity contribution in [3.63, 3.8) is 0 Å². The van der Waals surface area contributed by atoms with Gasteiger partial charge in [-0.3, -0.25) is 0 Å². The molecule has 5 heteroatoms. The van der Waals surface area contributed by atoms with Crippen molar-refractivity contribution >= 4 is 12.1 Å². The third kappa shape index (κ3) is 2.91. The van der Waals surface area contributed by atoms with Crippen molar-refractivity contribution in [2.24, 2.45) is 11.8 Å². The zero-order valence-electron chi connectivity index (χ0n) is 10.1. The van der Waals surface area contributed by atoms with Crippen molar-refractivity contribution in [2.45, 2.75) is 25.3 Å². The molecular formula is C13H17NO4. The number of alkyl carbamates (subject to hydrolysis) is 1. The molecule has 3 atom stereocenters. The Morgan fingerprint density at radius 3 is 3.00 bits per heavy atom. The Hall–Kier alpha value is -1.78. The van der Waals surface area contributed by atoms with Crippen molar-refractivity contribution in [1.82, 2.24) is 5.32 Å². The highest BCUT2D eigenvalue weighted by Crippen LogP contribution is 2.49. The van der Waals surface area contributed by atoms with Crippen LogP contribution >= 0.6 is 0 Å². The van der Waals surface area contributed by atoms with Crippen LogP contribution < -0.4 is 5.32 Å². The number of allylic oxidation sites excluding steroid dienone is 1. The summed E-state index contributed by atoms with van der Waals surface area (Å²) in [5.41, 5.74) is 0.789. The molecule has 1 amide bonds. The number of carboxylic acids is 1. The third-order valence-electron chi connectivity index (χ3n) is 3.46. The number of fused-ring (bicyclic) bond motifs is 1. The molecule has 0 saturated heterocycles. The van der Waals surface area contributed by atoms with Crippen molar-refractivity contribution < 1.29 is 19.4 Å². The first-order valence-electron chi connectivity index (χ1n) is 6.07. The fourth-order valence-electron chi connectivity index (χ4n) is 2.38. The largest absolute Gasteiger partial charge is 0.479 e. The zero-order valence-corrected chi connectivity index (χ0v) is 10.1. The van der Waals surface area contributed by atoms with Gasteiger partial charge >= 0.3 is 12.1 Å². The summed E-state index contributed by atoms with van der Waals surface area (Å²) in [5.74, 6) is 0.296. The Labute approximate surface area is 106 Å². The van der Waals surface area contributed by atoms with Crippen molar-refractivity contribution in [1.29, 1.82) is 0 Å². The maximum absolute atomic E-state index is 11.4.